The Morgan fingerprint density at radius 2 is 0.667 bits per heavy atom. The van der Waals surface area contributed by atoms with Gasteiger partial charge in [-0.15, -0.1) is 0 Å². The van der Waals surface area contributed by atoms with Crippen LogP contribution >= 0.6 is 0 Å². The summed E-state index contributed by atoms with van der Waals surface area (Å²) in [5.41, 5.74) is 18.0. The lowest BCUT2D eigenvalue weighted by atomic mass is 9.76. The molecule has 8 aromatic rings. The molecule has 0 nitrogen and oxygen atoms in total. The Morgan fingerprint density at radius 1 is 0.271 bits per heavy atom. The quantitative estimate of drug-likeness (QED) is 0.173. The summed E-state index contributed by atoms with van der Waals surface area (Å²) in [6.07, 6.45) is 0. The lowest BCUT2D eigenvalue weighted by Crippen LogP contribution is -2.00. The third-order valence-corrected chi connectivity index (χ3v) is 10.1. The average Bonchev–Trinajstić information content (AvgIpc) is 3.08. The number of fused-ring (bicyclic) bond motifs is 3. The van der Waals surface area contributed by atoms with Crippen LogP contribution in [0.1, 0.15) is 33.4 Å². The van der Waals surface area contributed by atoms with Gasteiger partial charge in [-0.1, -0.05) is 156 Å². The van der Waals surface area contributed by atoms with Crippen LogP contribution < -0.4 is 0 Å². The van der Waals surface area contributed by atoms with E-state index < -0.39 is 0 Å². The van der Waals surface area contributed by atoms with Crippen molar-refractivity contribution in [2.75, 3.05) is 0 Å². The summed E-state index contributed by atoms with van der Waals surface area (Å²) in [5, 5.41) is 7.79. The molecule has 48 heavy (non-hydrogen) atoms. The summed E-state index contributed by atoms with van der Waals surface area (Å²) in [5.74, 6) is 0. The van der Waals surface area contributed by atoms with Gasteiger partial charge < -0.3 is 0 Å². The highest BCUT2D eigenvalue weighted by atomic mass is 14.3. The summed E-state index contributed by atoms with van der Waals surface area (Å²) in [6.45, 7) is 13.4. The average molecular weight is 617 g/mol. The van der Waals surface area contributed by atoms with Gasteiger partial charge in [-0.3, -0.25) is 0 Å². The van der Waals surface area contributed by atoms with E-state index >= 15 is 0 Å². The van der Waals surface area contributed by atoms with Crippen molar-refractivity contribution in [1.29, 1.82) is 0 Å². The highest BCUT2D eigenvalue weighted by Crippen LogP contribution is 2.54. The van der Waals surface area contributed by atoms with E-state index in [1.54, 1.807) is 0 Å². The molecular weight excluding hydrogens is 577 g/mol. The summed E-state index contributed by atoms with van der Waals surface area (Å²) >= 11 is 0. The maximum absolute atomic E-state index is 2.43. The smallest absolute Gasteiger partial charge is 0.000119 e. The van der Waals surface area contributed by atoms with Gasteiger partial charge in [0, 0.05) is 0 Å². The van der Waals surface area contributed by atoms with Crippen molar-refractivity contribution in [2.24, 2.45) is 0 Å². The maximum atomic E-state index is 2.43. The van der Waals surface area contributed by atoms with Crippen LogP contribution in [0.15, 0.2) is 133 Å². The van der Waals surface area contributed by atoms with Crippen LogP contribution in [0.4, 0.5) is 0 Å². The standard InChI is InChI=1S/C48H40/c1-29-17-21-37(22-18-29)45-40-27-30(2)19-23-38(40)44(36-15-11-8-12-16-36)48-46(42-33(5)25-32(4)26-34(42)6)41-28-31(3)20-24-39(41)43(47(45)48)35-13-9-7-10-14-35/h7-28H,1-6H3. The number of rotatable bonds is 4. The van der Waals surface area contributed by atoms with Gasteiger partial charge in [0.05, 0.1) is 0 Å². The van der Waals surface area contributed by atoms with Crippen LogP contribution in [0, 0.1) is 41.5 Å². The van der Waals surface area contributed by atoms with Gasteiger partial charge in [-0.2, -0.15) is 0 Å². The zero-order valence-corrected chi connectivity index (χ0v) is 28.7. The van der Waals surface area contributed by atoms with Crippen molar-refractivity contribution < 1.29 is 0 Å². The third-order valence-electron chi connectivity index (χ3n) is 10.1. The minimum absolute atomic E-state index is 1.24. The predicted molar refractivity (Wildman–Crippen MR) is 209 cm³/mol. The summed E-state index contributed by atoms with van der Waals surface area (Å²) in [7, 11) is 0. The fourth-order valence-corrected chi connectivity index (χ4v) is 8.12. The molecule has 0 spiro atoms. The maximum Gasteiger partial charge on any atom is -0.000119 e. The van der Waals surface area contributed by atoms with Gasteiger partial charge in [0.2, 0.25) is 0 Å². The number of benzene rings is 8. The molecule has 8 rings (SSSR count). The summed E-state index contributed by atoms with van der Waals surface area (Å²) in [6, 6.07) is 50.2. The normalized spacial score (nSPS) is 11.5. The number of hydrogen-bond donors (Lipinski definition) is 0. The molecule has 0 unspecified atom stereocenters. The van der Waals surface area contributed by atoms with Gasteiger partial charge in [0.25, 0.3) is 0 Å². The second-order valence-corrected chi connectivity index (χ2v) is 13.7. The molecule has 0 heterocycles. The van der Waals surface area contributed by atoms with Gasteiger partial charge >= 0.3 is 0 Å². The largest absolute Gasteiger partial charge is 0.0622 e. The zero-order valence-electron chi connectivity index (χ0n) is 28.7. The van der Waals surface area contributed by atoms with E-state index in [1.807, 2.05) is 0 Å². The SMILES string of the molecule is Cc1ccc(-c2c3cc(C)ccc3c(-c3ccccc3)c3c(-c4c(C)cc(C)cc4C)c4cc(C)ccc4c(-c4ccccc4)c23)cc1. The third kappa shape index (κ3) is 4.83. The van der Waals surface area contributed by atoms with E-state index in [1.165, 1.54) is 110 Å². The lowest BCUT2D eigenvalue weighted by molar-refractivity contribution is 1.33. The Bertz CT molecular complexity index is 2490. The van der Waals surface area contributed by atoms with E-state index in [2.05, 4.69) is 175 Å². The molecule has 0 amide bonds. The first-order valence-corrected chi connectivity index (χ1v) is 17.0. The molecule has 0 aromatic heterocycles. The van der Waals surface area contributed by atoms with E-state index in [-0.39, 0.29) is 0 Å². The zero-order chi connectivity index (χ0) is 33.1. The molecule has 0 heteroatoms. The molecule has 8 aromatic carbocycles. The molecule has 0 fully saturated rings. The van der Waals surface area contributed by atoms with E-state index in [9.17, 15) is 0 Å². The molecule has 0 atom stereocenters. The highest BCUT2D eigenvalue weighted by Gasteiger charge is 2.27. The highest BCUT2D eigenvalue weighted by molar-refractivity contribution is 6.34. The Labute approximate surface area is 284 Å². The topological polar surface area (TPSA) is 0 Å². The minimum Gasteiger partial charge on any atom is -0.0622 e. The number of hydrogen-bond acceptors (Lipinski definition) is 0. The van der Waals surface area contributed by atoms with Crippen molar-refractivity contribution in [3.05, 3.63) is 167 Å². The first-order valence-electron chi connectivity index (χ1n) is 17.0. The molecule has 0 aliphatic rings. The fourth-order valence-electron chi connectivity index (χ4n) is 8.12. The monoisotopic (exact) mass is 616 g/mol. The lowest BCUT2D eigenvalue weighted by Gasteiger charge is -2.27. The first kappa shape index (κ1) is 29.9. The Hall–Kier alpha value is -5.46. The molecule has 0 saturated carbocycles. The van der Waals surface area contributed by atoms with E-state index in [0.717, 1.165) is 0 Å². The van der Waals surface area contributed by atoms with E-state index in [4.69, 9.17) is 0 Å². The molecule has 0 N–H and O–H groups in total. The molecular formula is C48H40. The molecule has 0 saturated heterocycles. The van der Waals surface area contributed by atoms with Gasteiger partial charge in [0.15, 0.2) is 0 Å². The van der Waals surface area contributed by atoms with Crippen LogP contribution in [-0.2, 0) is 0 Å². The van der Waals surface area contributed by atoms with Crippen molar-refractivity contribution in [3.8, 4) is 44.5 Å². The second kappa shape index (κ2) is 11.7. The second-order valence-electron chi connectivity index (χ2n) is 13.7. The van der Waals surface area contributed by atoms with Crippen molar-refractivity contribution >= 4 is 32.3 Å². The van der Waals surface area contributed by atoms with Crippen molar-refractivity contribution in [1.82, 2.24) is 0 Å². The molecule has 0 aliphatic carbocycles. The molecule has 0 aliphatic heterocycles. The number of aryl methyl sites for hydroxylation is 6. The molecule has 232 valence electrons. The van der Waals surface area contributed by atoms with Crippen molar-refractivity contribution in [2.45, 2.75) is 41.5 Å². The molecule has 0 bridgehead atoms. The van der Waals surface area contributed by atoms with Crippen LogP contribution in [0.2, 0.25) is 0 Å². The van der Waals surface area contributed by atoms with Crippen LogP contribution in [0.25, 0.3) is 76.8 Å². The fraction of sp³-hybridized carbons (Fsp3) is 0.125. The Kier molecular flexibility index (Phi) is 7.26. The van der Waals surface area contributed by atoms with Crippen LogP contribution in [0.5, 0.6) is 0 Å². The van der Waals surface area contributed by atoms with Gasteiger partial charge in [-0.25, -0.2) is 0 Å². The Morgan fingerprint density at radius 3 is 1.17 bits per heavy atom. The summed E-state index contributed by atoms with van der Waals surface area (Å²) < 4.78 is 0. The predicted octanol–water partition coefficient (Wildman–Crippen LogP) is 13.7. The van der Waals surface area contributed by atoms with Gasteiger partial charge in [-0.05, 0) is 129 Å². The summed E-state index contributed by atoms with van der Waals surface area (Å²) in [4.78, 5) is 0. The van der Waals surface area contributed by atoms with Crippen LogP contribution in [-0.4, -0.2) is 0 Å². The first-order chi connectivity index (χ1) is 23.3. The van der Waals surface area contributed by atoms with Crippen molar-refractivity contribution in [3.63, 3.8) is 0 Å². The van der Waals surface area contributed by atoms with Crippen LogP contribution in [0.3, 0.4) is 0 Å². The van der Waals surface area contributed by atoms with Gasteiger partial charge in [0.1, 0.15) is 0 Å². The van der Waals surface area contributed by atoms with E-state index in [0.29, 0.717) is 0 Å². The molecule has 0 radical (unpaired) electrons. The Balaban J connectivity index is 1.80. The minimum atomic E-state index is 1.24.